The molecule has 0 aliphatic rings. The Morgan fingerprint density at radius 1 is 1.67 bits per heavy atom. The zero-order chi connectivity index (χ0) is 7.11. The highest BCUT2D eigenvalue weighted by Crippen LogP contribution is 1.93. The first kappa shape index (κ1) is 7.71. The maximum Gasteiger partial charge on any atom is 0.0991 e. The molecular formula is C8H9N. The highest BCUT2D eigenvalue weighted by molar-refractivity contribution is 5.34. The SMILES string of the molecule is C=CC=C(C#N)C=CC. The molecule has 0 heterocycles. The van der Waals surface area contributed by atoms with Gasteiger partial charge in [0.2, 0.25) is 0 Å². The van der Waals surface area contributed by atoms with Crippen LogP contribution in [-0.4, -0.2) is 0 Å². The number of nitriles is 1. The molecule has 0 aliphatic heterocycles. The molecule has 1 heteroatoms. The van der Waals surface area contributed by atoms with E-state index in [1.165, 1.54) is 0 Å². The molecule has 0 aliphatic carbocycles. The quantitative estimate of drug-likeness (QED) is 0.404. The van der Waals surface area contributed by atoms with Gasteiger partial charge in [-0.15, -0.1) is 0 Å². The number of rotatable bonds is 2. The molecule has 0 spiro atoms. The van der Waals surface area contributed by atoms with Crippen LogP contribution in [0.15, 0.2) is 36.5 Å². The van der Waals surface area contributed by atoms with Gasteiger partial charge >= 0.3 is 0 Å². The topological polar surface area (TPSA) is 23.8 Å². The Morgan fingerprint density at radius 3 is 2.67 bits per heavy atom. The third-order valence-electron chi connectivity index (χ3n) is 0.773. The van der Waals surface area contributed by atoms with Gasteiger partial charge in [0.15, 0.2) is 0 Å². The van der Waals surface area contributed by atoms with Crippen molar-refractivity contribution in [1.29, 1.82) is 5.26 Å². The van der Waals surface area contributed by atoms with Crippen molar-refractivity contribution in [1.82, 2.24) is 0 Å². The van der Waals surface area contributed by atoms with Gasteiger partial charge in [-0.1, -0.05) is 18.7 Å². The molecule has 0 saturated heterocycles. The summed E-state index contributed by atoms with van der Waals surface area (Å²) >= 11 is 0. The van der Waals surface area contributed by atoms with Crippen LogP contribution in [0, 0.1) is 11.3 Å². The standard InChI is InChI=1S/C8H9N/c1-3-5-8(7-9)6-4-2/h3-6H,1H2,2H3. The van der Waals surface area contributed by atoms with Crippen LogP contribution >= 0.6 is 0 Å². The van der Waals surface area contributed by atoms with Crippen molar-refractivity contribution >= 4 is 0 Å². The molecule has 0 N–H and O–H groups in total. The maximum absolute atomic E-state index is 8.37. The summed E-state index contributed by atoms with van der Waals surface area (Å²) in [6, 6.07) is 2.01. The molecule has 0 aromatic heterocycles. The van der Waals surface area contributed by atoms with Crippen LogP contribution in [0.1, 0.15) is 6.92 Å². The van der Waals surface area contributed by atoms with Gasteiger partial charge in [-0.3, -0.25) is 0 Å². The lowest BCUT2D eigenvalue weighted by atomic mass is 10.2. The van der Waals surface area contributed by atoms with Crippen molar-refractivity contribution in [2.45, 2.75) is 6.92 Å². The maximum atomic E-state index is 8.37. The van der Waals surface area contributed by atoms with E-state index in [2.05, 4.69) is 6.58 Å². The molecule has 0 radical (unpaired) electrons. The summed E-state index contributed by atoms with van der Waals surface area (Å²) < 4.78 is 0. The van der Waals surface area contributed by atoms with Crippen LogP contribution < -0.4 is 0 Å². The van der Waals surface area contributed by atoms with E-state index in [4.69, 9.17) is 5.26 Å². The third kappa shape index (κ3) is 3.31. The molecule has 0 aromatic carbocycles. The van der Waals surface area contributed by atoms with Gasteiger partial charge in [-0.25, -0.2) is 0 Å². The summed E-state index contributed by atoms with van der Waals surface area (Å²) in [6.07, 6.45) is 6.82. The number of nitrogens with zero attached hydrogens (tertiary/aromatic N) is 1. The molecule has 0 fully saturated rings. The minimum absolute atomic E-state index is 0.632. The lowest BCUT2D eigenvalue weighted by Crippen LogP contribution is -1.66. The summed E-state index contributed by atoms with van der Waals surface area (Å²) in [5.41, 5.74) is 0.632. The van der Waals surface area contributed by atoms with Crippen molar-refractivity contribution in [2.75, 3.05) is 0 Å². The fourth-order valence-electron chi connectivity index (χ4n) is 0.437. The average molecular weight is 119 g/mol. The smallest absolute Gasteiger partial charge is 0.0991 e. The van der Waals surface area contributed by atoms with E-state index in [0.717, 1.165) is 0 Å². The normalized spacial score (nSPS) is 11.3. The first-order valence-corrected chi connectivity index (χ1v) is 2.70. The van der Waals surface area contributed by atoms with Gasteiger partial charge in [0.1, 0.15) is 0 Å². The predicted octanol–water partition coefficient (Wildman–Crippen LogP) is 2.20. The Bertz CT molecular complexity index is 179. The zero-order valence-electron chi connectivity index (χ0n) is 5.46. The molecule has 0 aromatic rings. The second kappa shape index (κ2) is 4.86. The lowest BCUT2D eigenvalue weighted by Gasteiger charge is -1.79. The van der Waals surface area contributed by atoms with E-state index >= 15 is 0 Å². The zero-order valence-corrected chi connectivity index (χ0v) is 5.46. The van der Waals surface area contributed by atoms with Crippen LogP contribution in [0.25, 0.3) is 0 Å². The highest BCUT2D eigenvalue weighted by atomic mass is 14.2. The molecule has 0 amide bonds. The van der Waals surface area contributed by atoms with Gasteiger partial charge in [0.05, 0.1) is 11.6 Å². The van der Waals surface area contributed by atoms with Crippen LogP contribution in [0.2, 0.25) is 0 Å². The number of hydrogen-bond acceptors (Lipinski definition) is 1. The number of hydrogen-bond donors (Lipinski definition) is 0. The van der Waals surface area contributed by atoms with E-state index in [1.54, 1.807) is 18.2 Å². The summed E-state index contributed by atoms with van der Waals surface area (Å²) in [7, 11) is 0. The van der Waals surface area contributed by atoms with Crippen molar-refractivity contribution in [3.63, 3.8) is 0 Å². The van der Waals surface area contributed by atoms with E-state index < -0.39 is 0 Å². The van der Waals surface area contributed by atoms with E-state index in [1.807, 2.05) is 19.1 Å². The van der Waals surface area contributed by atoms with E-state index in [0.29, 0.717) is 5.57 Å². The second-order valence-electron chi connectivity index (χ2n) is 1.47. The van der Waals surface area contributed by atoms with Gasteiger partial charge in [-0.05, 0) is 19.1 Å². The summed E-state index contributed by atoms with van der Waals surface area (Å²) in [5, 5.41) is 8.37. The van der Waals surface area contributed by atoms with Gasteiger partial charge in [-0.2, -0.15) is 5.26 Å². The largest absolute Gasteiger partial charge is 0.192 e. The van der Waals surface area contributed by atoms with Gasteiger partial charge in [0.25, 0.3) is 0 Å². The van der Waals surface area contributed by atoms with E-state index in [9.17, 15) is 0 Å². The highest BCUT2D eigenvalue weighted by Gasteiger charge is 1.80. The van der Waals surface area contributed by atoms with Gasteiger partial charge in [0, 0.05) is 0 Å². The van der Waals surface area contributed by atoms with E-state index in [-0.39, 0.29) is 0 Å². The minimum atomic E-state index is 0.632. The first-order valence-electron chi connectivity index (χ1n) is 2.70. The Balaban J connectivity index is 4.19. The molecule has 0 saturated carbocycles. The number of allylic oxidation sites excluding steroid dienone is 5. The fraction of sp³-hybridized carbons (Fsp3) is 0.125. The van der Waals surface area contributed by atoms with Crippen molar-refractivity contribution < 1.29 is 0 Å². The van der Waals surface area contributed by atoms with Crippen molar-refractivity contribution in [3.8, 4) is 6.07 Å². The Labute approximate surface area is 55.6 Å². The molecule has 9 heavy (non-hydrogen) atoms. The molecule has 46 valence electrons. The van der Waals surface area contributed by atoms with Crippen LogP contribution in [0.3, 0.4) is 0 Å². The molecule has 0 rings (SSSR count). The van der Waals surface area contributed by atoms with Crippen LogP contribution in [-0.2, 0) is 0 Å². The average Bonchev–Trinajstić information content (AvgIpc) is 1.88. The molecule has 1 nitrogen and oxygen atoms in total. The summed E-state index contributed by atoms with van der Waals surface area (Å²) in [4.78, 5) is 0. The first-order chi connectivity index (χ1) is 4.35. The summed E-state index contributed by atoms with van der Waals surface area (Å²) in [6.45, 7) is 5.34. The summed E-state index contributed by atoms with van der Waals surface area (Å²) in [5.74, 6) is 0. The Kier molecular flexibility index (Phi) is 4.16. The third-order valence-corrected chi connectivity index (χ3v) is 0.773. The molecule has 0 unspecified atom stereocenters. The van der Waals surface area contributed by atoms with Crippen LogP contribution in [0.4, 0.5) is 0 Å². The minimum Gasteiger partial charge on any atom is -0.192 e. The van der Waals surface area contributed by atoms with Crippen LogP contribution in [0.5, 0.6) is 0 Å². The second-order valence-corrected chi connectivity index (χ2v) is 1.47. The molecule has 0 bridgehead atoms. The monoisotopic (exact) mass is 119 g/mol. The fourth-order valence-corrected chi connectivity index (χ4v) is 0.437. The van der Waals surface area contributed by atoms with Crippen molar-refractivity contribution in [3.05, 3.63) is 36.5 Å². The Hall–Kier alpha value is -1.29. The predicted molar refractivity (Wildman–Crippen MR) is 38.7 cm³/mol. The Morgan fingerprint density at radius 2 is 2.33 bits per heavy atom. The molecule has 0 atom stereocenters. The molecular weight excluding hydrogens is 110 g/mol. The van der Waals surface area contributed by atoms with Crippen molar-refractivity contribution in [2.24, 2.45) is 0 Å². The lowest BCUT2D eigenvalue weighted by molar-refractivity contribution is 1.49. The van der Waals surface area contributed by atoms with Gasteiger partial charge < -0.3 is 0 Å².